The fourth-order valence-electron chi connectivity index (χ4n) is 1.77. The van der Waals surface area contributed by atoms with E-state index in [9.17, 15) is 0 Å². The van der Waals surface area contributed by atoms with Crippen LogP contribution < -0.4 is 5.32 Å². The summed E-state index contributed by atoms with van der Waals surface area (Å²) in [5.74, 6) is 0. The van der Waals surface area contributed by atoms with E-state index in [0.29, 0.717) is 0 Å². The highest BCUT2D eigenvalue weighted by Gasteiger charge is 2.15. The highest BCUT2D eigenvalue weighted by atomic mass is 32.1. The normalized spacial score (nSPS) is 12.9. The van der Waals surface area contributed by atoms with Crippen LogP contribution in [-0.2, 0) is 0 Å². The van der Waals surface area contributed by atoms with Gasteiger partial charge < -0.3 is 9.73 Å². The lowest BCUT2D eigenvalue weighted by Crippen LogP contribution is -2.22. The summed E-state index contributed by atoms with van der Waals surface area (Å²) in [5, 5.41) is 5.77. The molecule has 16 heavy (non-hydrogen) atoms. The molecule has 2 aromatic rings. The summed E-state index contributed by atoms with van der Waals surface area (Å²) >= 11 is 1.79. The summed E-state index contributed by atoms with van der Waals surface area (Å²) in [6.07, 6.45) is 4.69. The molecule has 0 saturated carbocycles. The van der Waals surface area contributed by atoms with E-state index in [4.69, 9.17) is 4.42 Å². The summed E-state index contributed by atoms with van der Waals surface area (Å²) in [4.78, 5) is 1.35. The van der Waals surface area contributed by atoms with Gasteiger partial charge in [0.05, 0.1) is 18.6 Å². The number of rotatable bonds is 5. The second-order valence-electron chi connectivity index (χ2n) is 3.93. The molecule has 0 aliphatic rings. The molecule has 1 atom stereocenters. The number of nitrogens with one attached hydrogen (secondary N) is 1. The number of thiophene rings is 1. The molecule has 1 unspecified atom stereocenters. The van der Waals surface area contributed by atoms with Crippen molar-refractivity contribution in [2.24, 2.45) is 0 Å². The van der Waals surface area contributed by atoms with Crippen molar-refractivity contribution < 1.29 is 4.42 Å². The van der Waals surface area contributed by atoms with E-state index in [0.717, 1.165) is 13.0 Å². The van der Waals surface area contributed by atoms with Gasteiger partial charge in [-0.25, -0.2) is 0 Å². The van der Waals surface area contributed by atoms with Gasteiger partial charge in [-0.2, -0.15) is 0 Å². The summed E-state index contributed by atoms with van der Waals surface area (Å²) in [5.41, 5.74) is 2.53. The summed E-state index contributed by atoms with van der Waals surface area (Å²) in [6.45, 7) is 5.34. The molecule has 0 aliphatic heterocycles. The zero-order chi connectivity index (χ0) is 11.4. The van der Waals surface area contributed by atoms with E-state index in [1.54, 1.807) is 17.6 Å². The van der Waals surface area contributed by atoms with Crippen molar-refractivity contribution in [1.29, 1.82) is 0 Å². The van der Waals surface area contributed by atoms with Gasteiger partial charge in [0.15, 0.2) is 0 Å². The minimum Gasteiger partial charge on any atom is -0.472 e. The van der Waals surface area contributed by atoms with E-state index < -0.39 is 0 Å². The minimum atomic E-state index is 0.267. The van der Waals surface area contributed by atoms with Crippen molar-refractivity contribution >= 4 is 11.3 Å². The monoisotopic (exact) mass is 235 g/mol. The molecule has 0 aromatic carbocycles. The minimum absolute atomic E-state index is 0.267. The third-order valence-electron chi connectivity index (χ3n) is 2.56. The lowest BCUT2D eigenvalue weighted by Gasteiger charge is -2.15. The highest BCUT2D eigenvalue weighted by Crippen LogP contribution is 2.26. The predicted molar refractivity (Wildman–Crippen MR) is 67.9 cm³/mol. The summed E-state index contributed by atoms with van der Waals surface area (Å²) in [7, 11) is 0. The fraction of sp³-hybridized carbons (Fsp3) is 0.385. The SMILES string of the molecule is CCCNC(c1ccoc1)c1csc(C)c1. The molecular weight excluding hydrogens is 218 g/mol. The number of furan rings is 1. The van der Waals surface area contributed by atoms with Gasteiger partial charge in [-0.1, -0.05) is 6.92 Å². The van der Waals surface area contributed by atoms with Gasteiger partial charge >= 0.3 is 0 Å². The molecule has 2 aromatic heterocycles. The molecule has 0 spiro atoms. The molecule has 2 rings (SSSR count). The van der Waals surface area contributed by atoms with Crippen molar-refractivity contribution in [2.75, 3.05) is 6.54 Å². The van der Waals surface area contributed by atoms with E-state index >= 15 is 0 Å². The van der Waals surface area contributed by atoms with Crippen LogP contribution in [0.3, 0.4) is 0 Å². The van der Waals surface area contributed by atoms with Gasteiger partial charge in [0.2, 0.25) is 0 Å². The quantitative estimate of drug-likeness (QED) is 0.854. The van der Waals surface area contributed by atoms with Crippen LogP contribution in [0.15, 0.2) is 34.5 Å². The Kier molecular flexibility index (Phi) is 3.80. The second kappa shape index (κ2) is 5.32. The van der Waals surface area contributed by atoms with Gasteiger partial charge in [-0.05, 0) is 43.0 Å². The molecular formula is C13H17NOS. The first-order valence-electron chi connectivity index (χ1n) is 5.61. The molecule has 3 heteroatoms. The maximum Gasteiger partial charge on any atom is 0.0953 e. The molecule has 0 amide bonds. The van der Waals surface area contributed by atoms with Crippen LogP contribution in [0.2, 0.25) is 0 Å². The zero-order valence-electron chi connectivity index (χ0n) is 9.69. The Morgan fingerprint density at radius 2 is 2.31 bits per heavy atom. The maximum absolute atomic E-state index is 5.17. The third-order valence-corrected chi connectivity index (χ3v) is 3.44. The molecule has 0 aliphatic carbocycles. The molecule has 0 saturated heterocycles. The average Bonchev–Trinajstić information content (AvgIpc) is 2.91. The van der Waals surface area contributed by atoms with Crippen LogP contribution in [0.5, 0.6) is 0 Å². The van der Waals surface area contributed by atoms with Crippen molar-refractivity contribution in [1.82, 2.24) is 5.32 Å². The smallest absolute Gasteiger partial charge is 0.0953 e. The molecule has 2 nitrogen and oxygen atoms in total. The van der Waals surface area contributed by atoms with Gasteiger partial charge in [0.1, 0.15) is 0 Å². The van der Waals surface area contributed by atoms with Crippen molar-refractivity contribution in [3.8, 4) is 0 Å². The molecule has 0 radical (unpaired) electrons. The highest BCUT2D eigenvalue weighted by molar-refractivity contribution is 7.10. The van der Waals surface area contributed by atoms with Gasteiger partial charge in [0.25, 0.3) is 0 Å². The predicted octanol–water partition coefficient (Wildman–Crippen LogP) is 3.74. The first-order valence-corrected chi connectivity index (χ1v) is 6.49. The van der Waals surface area contributed by atoms with Crippen LogP contribution in [0.4, 0.5) is 0 Å². The van der Waals surface area contributed by atoms with Gasteiger partial charge in [-0.15, -0.1) is 11.3 Å². The van der Waals surface area contributed by atoms with E-state index in [1.165, 1.54) is 16.0 Å². The lowest BCUT2D eigenvalue weighted by molar-refractivity contribution is 0.548. The Hall–Kier alpha value is -1.06. The first kappa shape index (κ1) is 11.4. The maximum atomic E-state index is 5.17. The Bertz CT molecular complexity index is 419. The van der Waals surface area contributed by atoms with Crippen molar-refractivity contribution in [3.63, 3.8) is 0 Å². The molecule has 86 valence electrons. The lowest BCUT2D eigenvalue weighted by atomic mass is 10.0. The van der Waals surface area contributed by atoms with E-state index in [2.05, 4.69) is 30.6 Å². The fourth-order valence-corrected chi connectivity index (χ4v) is 2.50. The number of hydrogen-bond donors (Lipinski definition) is 1. The molecule has 2 heterocycles. The van der Waals surface area contributed by atoms with Crippen molar-refractivity contribution in [2.45, 2.75) is 26.3 Å². The van der Waals surface area contributed by atoms with E-state index in [1.807, 2.05) is 12.3 Å². The standard InChI is InChI=1S/C13H17NOS/c1-3-5-14-13(11-4-6-15-8-11)12-7-10(2)16-9-12/h4,6-9,13-14H,3,5H2,1-2H3. The van der Waals surface area contributed by atoms with E-state index in [-0.39, 0.29) is 6.04 Å². The molecule has 1 N–H and O–H groups in total. The average molecular weight is 235 g/mol. The molecule has 0 fully saturated rings. The van der Waals surface area contributed by atoms with Crippen LogP contribution in [0, 0.1) is 6.92 Å². The largest absolute Gasteiger partial charge is 0.472 e. The third kappa shape index (κ3) is 2.54. The molecule has 0 bridgehead atoms. The Balaban J connectivity index is 2.21. The van der Waals surface area contributed by atoms with Crippen LogP contribution in [0.1, 0.15) is 35.4 Å². The van der Waals surface area contributed by atoms with Crippen LogP contribution in [0.25, 0.3) is 0 Å². The summed E-state index contributed by atoms with van der Waals surface area (Å²) in [6, 6.07) is 4.54. The Morgan fingerprint density at radius 1 is 1.44 bits per heavy atom. The summed E-state index contributed by atoms with van der Waals surface area (Å²) < 4.78 is 5.17. The van der Waals surface area contributed by atoms with Crippen LogP contribution in [-0.4, -0.2) is 6.54 Å². The number of aryl methyl sites for hydroxylation is 1. The van der Waals surface area contributed by atoms with Crippen molar-refractivity contribution in [3.05, 3.63) is 46.0 Å². The topological polar surface area (TPSA) is 25.2 Å². The Labute approximate surface area is 100 Å². The zero-order valence-corrected chi connectivity index (χ0v) is 10.5. The first-order chi connectivity index (χ1) is 7.81. The van der Waals surface area contributed by atoms with Gasteiger partial charge in [0, 0.05) is 10.4 Å². The Morgan fingerprint density at radius 3 is 2.88 bits per heavy atom. The van der Waals surface area contributed by atoms with Gasteiger partial charge in [-0.3, -0.25) is 0 Å². The number of hydrogen-bond acceptors (Lipinski definition) is 3. The van der Waals surface area contributed by atoms with Crippen LogP contribution >= 0.6 is 11.3 Å². The second-order valence-corrected chi connectivity index (χ2v) is 5.05.